The Morgan fingerprint density at radius 1 is 1.11 bits per heavy atom. The molecule has 0 bridgehead atoms. The van der Waals surface area contributed by atoms with Crippen LogP contribution in [0, 0.1) is 0 Å². The second kappa shape index (κ2) is 9.30. The Kier molecular flexibility index (Phi) is 6.57. The molecule has 1 saturated heterocycles. The van der Waals surface area contributed by atoms with Crippen LogP contribution in [-0.4, -0.2) is 54.1 Å². The maximum Gasteiger partial charge on any atom is 0.237 e. The molecule has 1 fully saturated rings. The summed E-state index contributed by atoms with van der Waals surface area (Å²) < 4.78 is 0. The molecular weight excluding hydrogens is 342 g/mol. The molecule has 0 saturated carbocycles. The van der Waals surface area contributed by atoms with Crippen molar-refractivity contribution in [1.29, 1.82) is 0 Å². The zero-order chi connectivity index (χ0) is 19.1. The summed E-state index contributed by atoms with van der Waals surface area (Å²) in [5, 5.41) is 14.3. The molecule has 2 aromatic carbocycles. The summed E-state index contributed by atoms with van der Waals surface area (Å²) in [5.41, 5.74) is 3.42. The molecule has 0 aromatic heterocycles. The third kappa shape index (κ3) is 5.15. The van der Waals surface area contributed by atoms with Crippen molar-refractivity contribution in [3.8, 4) is 11.1 Å². The number of carbonyl (C=O) groups is 2. The number of hydrogen-bond donors (Lipinski definition) is 3. The van der Waals surface area contributed by atoms with E-state index in [1.165, 1.54) is 5.56 Å². The van der Waals surface area contributed by atoms with Crippen LogP contribution < -0.4 is 10.6 Å². The summed E-state index contributed by atoms with van der Waals surface area (Å²) in [6, 6.07) is 18.0. The second-order valence-electron chi connectivity index (χ2n) is 6.62. The van der Waals surface area contributed by atoms with Gasteiger partial charge in [0.05, 0.1) is 19.1 Å². The number of nitrogens with zero attached hydrogens (tertiary/aromatic N) is 1. The lowest BCUT2D eigenvalue weighted by atomic mass is 10.0. The summed E-state index contributed by atoms with van der Waals surface area (Å²) in [6.45, 7) is 1.98. The second-order valence-corrected chi connectivity index (χ2v) is 6.62. The van der Waals surface area contributed by atoms with Gasteiger partial charge >= 0.3 is 0 Å². The number of carbonyl (C=O) groups excluding carboxylic acids is 2. The third-order valence-corrected chi connectivity index (χ3v) is 4.70. The van der Waals surface area contributed by atoms with Crippen molar-refractivity contribution in [3.05, 3.63) is 60.2 Å². The van der Waals surface area contributed by atoms with Crippen LogP contribution >= 0.6 is 0 Å². The summed E-state index contributed by atoms with van der Waals surface area (Å²) in [6.07, 6.45) is 0.0912. The minimum Gasteiger partial charge on any atom is -0.395 e. The van der Waals surface area contributed by atoms with E-state index in [2.05, 4.69) is 47.0 Å². The average Bonchev–Trinajstić information content (AvgIpc) is 2.70. The molecular formula is C21H25N3O3. The van der Waals surface area contributed by atoms with Gasteiger partial charge in [-0.05, 0) is 16.7 Å². The first-order valence-electron chi connectivity index (χ1n) is 9.21. The molecule has 3 N–H and O–H groups in total. The summed E-state index contributed by atoms with van der Waals surface area (Å²) >= 11 is 0. The molecule has 2 amide bonds. The normalized spacial score (nSPS) is 17.4. The van der Waals surface area contributed by atoms with Gasteiger partial charge in [-0.2, -0.15) is 0 Å². The Morgan fingerprint density at radius 3 is 2.52 bits per heavy atom. The zero-order valence-electron chi connectivity index (χ0n) is 15.2. The van der Waals surface area contributed by atoms with Gasteiger partial charge in [-0.25, -0.2) is 0 Å². The molecule has 6 heteroatoms. The van der Waals surface area contributed by atoms with Gasteiger partial charge in [0.1, 0.15) is 0 Å². The summed E-state index contributed by atoms with van der Waals surface area (Å²) in [7, 11) is 0. The predicted octanol–water partition coefficient (Wildman–Crippen LogP) is 1.15. The molecule has 27 heavy (non-hydrogen) atoms. The number of hydrogen-bond acceptors (Lipinski definition) is 4. The Hall–Kier alpha value is -2.70. The van der Waals surface area contributed by atoms with Gasteiger partial charge in [-0.15, -0.1) is 0 Å². The Morgan fingerprint density at radius 2 is 1.81 bits per heavy atom. The monoisotopic (exact) mass is 367 g/mol. The van der Waals surface area contributed by atoms with E-state index in [1.54, 1.807) is 0 Å². The smallest absolute Gasteiger partial charge is 0.237 e. The van der Waals surface area contributed by atoms with E-state index in [9.17, 15) is 9.59 Å². The quantitative estimate of drug-likeness (QED) is 0.686. The molecule has 2 aromatic rings. The van der Waals surface area contributed by atoms with Gasteiger partial charge in [-0.3, -0.25) is 14.5 Å². The Bertz CT molecular complexity index is 762. The lowest BCUT2D eigenvalue weighted by Gasteiger charge is -2.34. The van der Waals surface area contributed by atoms with Crippen LogP contribution in [0.2, 0.25) is 0 Å². The Balaban J connectivity index is 1.66. The van der Waals surface area contributed by atoms with Crippen LogP contribution in [0.25, 0.3) is 11.1 Å². The molecule has 1 unspecified atom stereocenters. The van der Waals surface area contributed by atoms with Crippen molar-refractivity contribution in [1.82, 2.24) is 15.5 Å². The lowest BCUT2D eigenvalue weighted by molar-refractivity contribution is -0.134. The van der Waals surface area contributed by atoms with E-state index in [0.717, 1.165) is 11.1 Å². The first kappa shape index (κ1) is 19.1. The molecule has 1 atom stereocenters. The van der Waals surface area contributed by atoms with Crippen molar-refractivity contribution in [3.63, 3.8) is 0 Å². The van der Waals surface area contributed by atoms with Crippen LogP contribution in [0.4, 0.5) is 0 Å². The first-order valence-corrected chi connectivity index (χ1v) is 9.21. The van der Waals surface area contributed by atoms with Gasteiger partial charge in [0.25, 0.3) is 0 Å². The van der Waals surface area contributed by atoms with Gasteiger partial charge in [0.15, 0.2) is 0 Å². The predicted molar refractivity (Wildman–Crippen MR) is 104 cm³/mol. The summed E-state index contributed by atoms with van der Waals surface area (Å²) in [4.78, 5) is 26.3. The van der Waals surface area contributed by atoms with E-state index in [-0.39, 0.29) is 31.4 Å². The molecule has 0 spiro atoms. The standard InChI is InChI=1S/C21H25N3O3/c25-13-11-22-20(26)14-19-21(27)23-10-12-24(19)15-16-6-8-18(9-7-16)17-4-2-1-3-5-17/h1-9,19,25H,10-15H2,(H,22,26)(H,23,27). The molecule has 142 valence electrons. The fraction of sp³-hybridized carbons (Fsp3) is 0.333. The number of rotatable bonds is 7. The number of aliphatic hydroxyl groups is 1. The average molecular weight is 367 g/mol. The van der Waals surface area contributed by atoms with Crippen LogP contribution in [0.1, 0.15) is 12.0 Å². The van der Waals surface area contributed by atoms with E-state index >= 15 is 0 Å². The molecule has 1 aliphatic rings. The van der Waals surface area contributed by atoms with Gasteiger partial charge < -0.3 is 15.7 Å². The lowest BCUT2D eigenvalue weighted by Crippen LogP contribution is -2.56. The Labute approximate surface area is 159 Å². The SMILES string of the molecule is O=C(CC1C(=O)NCCN1Cc1ccc(-c2ccccc2)cc1)NCCO. The molecule has 6 nitrogen and oxygen atoms in total. The van der Waals surface area contributed by atoms with E-state index in [1.807, 2.05) is 23.1 Å². The number of benzene rings is 2. The van der Waals surface area contributed by atoms with E-state index in [4.69, 9.17) is 5.11 Å². The van der Waals surface area contributed by atoms with Crippen molar-refractivity contribution >= 4 is 11.8 Å². The maximum absolute atomic E-state index is 12.3. The van der Waals surface area contributed by atoms with Gasteiger partial charge in [0, 0.05) is 26.2 Å². The number of amides is 2. The minimum absolute atomic E-state index is 0.0912. The topological polar surface area (TPSA) is 81.7 Å². The van der Waals surface area contributed by atoms with Gasteiger partial charge in [0.2, 0.25) is 11.8 Å². The first-order chi connectivity index (χ1) is 13.2. The fourth-order valence-corrected chi connectivity index (χ4v) is 3.28. The number of aliphatic hydroxyl groups excluding tert-OH is 1. The summed E-state index contributed by atoms with van der Waals surface area (Å²) in [5.74, 6) is -0.350. The number of piperazine rings is 1. The highest BCUT2D eigenvalue weighted by Gasteiger charge is 2.31. The van der Waals surface area contributed by atoms with Crippen molar-refractivity contribution < 1.29 is 14.7 Å². The van der Waals surface area contributed by atoms with Crippen molar-refractivity contribution in [2.45, 2.75) is 19.0 Å². The van der Waals surface area contributed by atoms with Crippen molar-refractivity contribution in [2.24, 2.45) is 0 Å². The minimum atomic E-state index is -0.494. The molecule has 1 heterocycles. The number of nitrogens with one attached hydrogen (secondary N) is 2. The third-order valence-electron chi connectivity index (χ3n) is 4.70. The van der Waals surface area contributed by atoms with E-state index < -0.39 is 6.04 Å². The highest BCUT2D eigenvalue weighted by Crippen LogP contribution is 2.21. The van der Waals surface area contributed by atoms with Gasteiger partial charge in [-0.1, -0.05) is 54.6 Å². The fourth-order valence-electron chi connectivity index (χ4n) is 3.28. The van der Waals surface area contributed by atoms with E-state index in [0.29, 0.717) is 19.6 Å². The molecule has 0 aliphatic carbocycles. The van der Waals surface area contributed by atoms with Crippen LogP contribution in [0.15, 0.2) is 54.6 Å². The highest BCUT2D eigenvalue weighted by molar-refractivity contribution is 5.88. The van der Waals surface area contributed by atoms with Crippen LogP contribution in [0.3, 0.4) is 0 Å². The van der Waals surface area contributed by atoms with Crippen LogP contribution in [-0.2, 0) is 16.1 Å². The molecule has 1 aliphatic heterocycles. The maximum atomic E-state index is 12.3. The molecule has 3 rings (SSSR count). The largest absolute Gasteiger partial charge is 0.395 e. The van der Waals surface area contributed by atoms with Crippen molar-refractivity contribution in [2.75, 3.05) is 26.2 Å². The zero-order valence-corrected chi connectivity index (χ0v) is 15.2. The highest BCUT2D eigenvalue weighted by atomic mass is 16.3. The molecule has 0 radical (unpaired) electrons. The van der Waals surface area contributed by atoms with Crippen LogP contribution in [0.5, 0.6) is 0 Å².